The van der Waals surface area contributed by atoms with E-state index < -0.39 is 11.7 Å². The molecule has 30 heavy (non-hydrogen) atoms. The summed E-state index contributed by atoms with van der Waals surface area (Å²) in [4.78, 5) is 14.6. The average Bonchev–Trinajstić information content (AvgIpc) is 2.72. The molecule has 0 bridgehead atoms. The van der Waals surface area contributed by atoms with Crippen LogP contribution in [0.3, 0.4) is 0 Å². The zero-order valence-corrected chi connectivity index (χ0v) is 16.6. The zero-order chi connectivity index (χ0) is 21.4. The van der Waals surface area contributed by atoms with E-state index >= 15 is 0 Å². The van der Waals surface area contributed by atoms with Crippen molar-refractivity contribution in [3.8, 4) is 5.75 Å². The van der Waals surface area contributed by atoms with Gasteiger partial charge in [-0.1, -0.05) is 18.2 Å². The number of hydrogen-bond donors (Lipinski definition) is 1. The van der Waals surface area contributed by atoms with Gasteiger partial charge < -0.3 is 14.8 Å². The number of morpholine rings is 1. The molecule has 1 heterocycles. The molecule has 8 heteroatoms. The number of benzene rings is 2. The second kappa shape index (κ2) is 10.4. The number of hydrogen-bond acceptors (Lipinski definition) is 4. The van der Waals surface area contributed by atoms with Crippen LogP contribution in [-0.2, 0) is 22.1 Å². The maximum Gasteiger partial charge on any atom is 0.416 e. The topological polar surface area (TPSA) is 50.8 Å². The molecule has 0 spiro atoms. The first-order valence-electron chi connectivity index (χ1n) is 9.89. The van der Waals surface area contributed by atoms with Crippen molar-refractivity contribution < 1.29 is 27.4 Å². The molecule has 1 fully saturated rings. The highest BCUT2D eigenvalue weighted by molar-refractivity contribution is 5.92. The van der Waals surface area contributed by atoms with Crippen LogP contribution in [0.1, 0.15) is 17.5 Å². The van der Waals surface area contributed by atoms with Gasteiger partial charge in [0.1, 0.15) is 5.75 Å². The summed E-state index contributed by atoms with van der Waals surface area (Å²) in [5.41, 5.74) is 0.360. The molecule has 1 aliphatic rings. The molecule has 0 unspecified atom stereocenters. The van der Waals surface area contributed by atoms with Crippen molar-refractivity contribution in [1.29, 1.82) is 0 Å². The Morgan fingerprint density at radius 2 is 1.83 bits per heavy atom. The Hall–Kier alpha value is -2.58. The molecule has 1 aliphatic heterocycles. The highest BCUT2D eigenvalue weighted by atomic mass is 19.4. The van der Waals surface area contributed by atoms with Gasteiger partial charge >= 0.3 is 6.18 Å². The summed E-state index contributed by atoms with van der Waals surface area (Å²) >= 11 is 0. The number of amides is 1. The number of alkyl halides is 3. The predicted molar refractivity (Wildman–Crippen MR) is 108 cm³/mol. The molecule has 1 amide bonds. The monoisotopic (exact) mass is 422 g/mol. The minimum atomic E-state index is -4.39. The standard InChI is InChI=1S/C22H25F3N2O3/c23-22(24,25)18-7-5-17(6-8-18)15-21(28)26-19-3-1-4-20(16-19)30-12-2-9-27-10-13-29-14-11-27/h1,3-8,16H,2,9-15H2,(H,26,28). The van der Waals surface area contributed by atoms with Crippen LogP contribution < -0.4 is 10.1 Å². The first-order chi connectivity index (χ1) is 14.4. The summed E-state index contributed by atoms with van der Waals surface area (Å²) in [6.07, 6.45) is -3.50. The SMILES string of the molecule is O=C(Cc1ccc(C(F)(F)F)cc1)Nc1cccc(OCCCN2CCOCC2)c1. The molecule has 0 saturated carbocycles. The average molecular weight is 422 g/mol. The fourth-order valence-corrected chi connectivity index (χ4v) is 3.17. The number of nitrogens with one attached hydrogen (secondary N) is 1. The van der Waals surface area contributed by atoms with Crippen molar-refractivity contribution in [2.75, 3.05) is 44.8 Å². The lowest BCUT2D eigenvalue weighted by atomic mass is 10.1. The summed E-state index contributed by atoms with van der Waals surface area (Å²) in [7, 11) is 0. The summed E-state index contributed by atoms with van der Waals surface area (Å²) in [5, 5.41) is 2.75. The normalized spacial score (nSPS) is 15.0. The first-order valence-corrected chi connectivity index (χ1v) is 9.89. The van der Waals surface area contributed by atoms with E-state index in [1.165, 1.54) is 12.1 Å². The van der Waals surface area contributed by atoms with Gasteiger partial charge in [-0.25, -0.2) is 0 Å². The van der Waals surface area contributed by atoms with Gasteiger partial charge in [0.05, 0.1) is 31.8 Å². The van der Waals surface area contributed by atoms with Crippen LogP contribution in [0.4, 0.5) is 18.9 Å². The lowest BCUT2D eigenvalue weighted by Crippen LogP contribution is -2.37. The van der Waals surface area contributed by atoms with Crippen molar-refractivity contribution >= 4 is 11.6 Å². The smallest absolute Gasteiger partial charge is 0.416 e. The van der Waals surface area contributed by atoms with Crippen molar-refractivity contribution in [2.45, 2.75) is 19.0 Å². The fraction of sp³-hybridized carbons (Fsp3) is 0.409. The molecular formula is C22H25F3N2O3. The van der Waals surface area contributed by atoms with Crippen molar-refractivity contribution in [3.05, 3.63) is 59.7 Å². The molecule has 2 aromatic carbocycles. The minimum absolute atomic E-state index is 0.0111. The van der Waals surface area contributed by atoms with Crippen LogP contribution in [-0.4, -0.2) is 50.3 Å². The number of ether oxygens (including phenoxy) is 2. The van der Waals surface area contributed by atoms with Crippen molar-refractivity contribution in [3.63, 3.8) is 0 Å². The number of halogens is 3. The van der Waals surface area contributed by atoms with E-state index in [0.29, 0.717) is 23.6 Å². The van der Waals surface area contributed by atoms with E-state index in [0.717, 1.165) is 51.4 Å². The van der Waals surface area contributed by atoms with E-state index in [4.69, 9.17) is 9.47 Å². The van der Waals surface area contributed by atoms with Crippen molar-refractivity contribution in [1.82, 2.24) is 4.90 Å². The Balaban J connectivity index is 1.44. The van der Waals surface area contributed by atoms with Crippen LogP contribution in [0.5, 0.6) is 5.75 Å². The first kappa shape index (κ1) is 22.1. The molecule has 0 aliphatic carbocycles. The summed E-state index contributed by atoms with van der Waals surface area (Å²) in [6, 6.07) is 11.7. The van der Waals surface area contributed by atoms with Crippen LogP contribution in [0.25, 0.3) is 0 Å². The Bertz CT molecular complexity index is 819. The van der Waals surface area contributed by atoms with E-state index in [1.54, 1.807) is 18.2 Å². The second-order valence-corrected chi connectivity index (χ2v) is 7.10. The predicted octanol–water partition coefficient (Wildman–Crippen LogP) is 3.99. The van der Waals surface area contributed by atoms with E-state index in [-0.39, 0.29) is 12.3 Å². The number of carbonyl (C=O) groups is 1. The Morgan fingerprint density at radius 3 is 2.53 bits per heavy atom. The van der Waals surface area contributed by atoms with Crippen LogP contribution >= 0.6 is 0 Å². The van der Waals surface area contributed by atoms with Crippen LogP contribution in [0.2, 0.25) is 0 Å². The minimum Gasteiger partial charge on any atom is -0.493 e. The third-order valence-electron chi connectivity index (χ3n) is 4.75. The molecule has 0 aromatic heterocycles. The molecule has 3 rings (SSSR count). The Labute approximate surface area is 173 Å². The van der Waals surface area contributed by atoms with Gasteiger partial charge in [0.25, 0.3) is 0 Å². The Morgan fingerprint density at radius 1 is 1.10 bits per heavy atom. The fourth-order valence-electron chi connectivity index (χ4n) is 3.17. The maximum absolute atomic E-state index is 12.6. The van der Waals surface area contributed by atoms with Gasteiger partial charge in [0.2, 0.25) is 5.91 Å². The van der Waals surface area contributed by atoms with E-state index in [1.807, 2.05) is 6.07 Å². The summed E-state index contributed by atoms with van der Waals surface area (Å²) in [5.74, 6) is 0.350. The quantitative estimate of drug-likeness (QED) is 0.654. The lowest BCUT2D eigenvalue weighted by Gasteiger charge is -2.26. The third kappa shape index (κ3) is 7.03. The third-order valence-corrected chi connectivity index (χ3v) is 4.75. The molecular weight excluding hydrogens is 397 g/mol. The van der Waals surface area contributed by atoms with Gasteiger partial charge in [-0.15, -0.1) is 0 Å². The molecule has 5 nitrogen and oxygen atoms in total. The number of rotatable bonds is 8. The van der Waals surface area contributed by atoms with Gasteiger partial charge in [-0.05, 0) is 36.2 Å². The largest absolute Gasteiger partial charge is 0.493 e. The molecule has 2 aromatic rings. The zero-order valence-electron chi connectivity index (χ0n) is 16.6. The maximum atomic E-state index is 12.6. The lowest BCUT2D eigenvalue weighted by molar-refractivity contribution is -0.137. The van der Waals surface area contributed by atoms with Gasteiger partial charge in [-0.2, -0.15) is 13.2 Å². The molecule has 162 valence electrons. The number of carbonyl (C=O) groups excluding carboxylic acids is 1. The molecule has 0 atom stereocenters. The van der Waals surface area contributed by atoms with Crippen LogP contribution in [0, 0.1) is 0 Å². The molecule has 1 N–H and O–H groups in total. The Kier molecular flexibility index (Phi) is 7.70. The number of nitrogens with zero attached hydrogens (tertiary/aromatic N) is 1. The molecule has 1 saturated heterocycles. The summed E-state index contributed by atoms with van der Waals surface area (Å²) < 4.78 is 48.9. The van der Waals surface area contributed by atoms with Crippen LogP contribution in [0.15, 0.2) is 48.5 Å². The highest BCUT2D eigenvalue weighted by Crippen LogP contribution is 2.29. The highest BCUT2D eigenvalue weighted by Gasteiger charge is 2.29. The summed E-state index contributed by atoms with van der Waals surface area (Å²) in [6.45, 7) is 4.96. The second-order valence-electron chi connectivity index (χ2n) is 7.10. The van der Waals surface area contributed by atoms with Crippen molar-refractivity contribution in [2.24, 2.45) is 0 Å². The van der Waals surface area contributed by atoms with E-state index in [2.05, 4.69) is 10.2 Å². The van der Waals surface area contributed by atoms with E-state index in [9.17, 15) is 18.0 Å². The van der Waals surface area contributed by atoms with Gasteiger partial charge in [0.15, 0.2) is 0 Å². The molecule has 0 radical (unpaired) electrons. The number of anilines is 1. The van der Waals surface area contributed by atoms with Gasteiger partial charge in [-0.3, -0.25) is 9.69 Å². The van der Waals surface area contributed by atoms with Gasteiger partial charge in [0, 0.05) is 31.4 Å².